The summed E-state index contributed by atoms with van der Waals surface area (Å²) in [6.45, 7) is 0.962. The minimum atomic E-state index is -3.01. The molecule has 0 fully saturated rings. The Bertz CT molecular complexity index is 432. The van der Waals surface area contributed by atoms with Crippen LogP contribution in [0.2, 0.25) is 0 Å². The molecule has 2 N–H and O–H groups in total. The fourth-order valence-electron chi connectivity index (χ4n) is 1.15. The quantitative estimate of drug-likeness (QED) is 0.732. The van der Waals surface area contributed by atoms with Gasteiger partial charge in [0.25, 0.3) is 6.43 Å². The highest BCUT2D eigenvalue weighted by atomic mass is 19.3. The molecule has 7 nitrogen and oxygen atoms in total. The number of esters is 1. The standard InChI is InChI=1S/C8H10F2N4O3/c1-2-17-8(16)5-6(7(9)10)14(13-12-5)3-4(11)15/h7H,2-3H2,1H3,(H2,11,15). The van der Waals surface area contributed by atoms with E-state index >= 15 is 0 Å². The highest BCUT2D eigenvalue weighted by molar-refractivity contribution is 5.88. The largest absolute Gasteiger partial charge is 0.461 e. The number of ether oxygens (including phenoxy) is 1. The second kappa shape index (κ2) is 5.32. The molecule has 9 heteroatoms. The van der Waals surface area contributed by atoms with Gasteiger partial charge in [-0.15, -0.1) is 5.10 Å². The summed E-state index contributed by atoms with van der Waals surface area (Å²) in [5, 5.41) is 6.53. The number of alkyl halides is 2. The average Bonchev–Trinajstić information content (AvgIpc) is 2.60. The van der Waals surface area contributed by atoms with Crippen LogP contribution < -0.4 is 5.73 Å². The molecule has 0 unspecified atom stereocenters. The Kier molecular flexibility index (Phi) is 4.07. The Balaban J connectivity index is 3.10. The second-order valence-electron chi connectivity index (χ2n) is 2.97. The summed E-state index contributed by atoms with van der Waals surface area (Å²) in [6, 6.07) is 0. The number of amides is 1. The van der Waals surface area contributed by atoms with Crippen LogP contribution in [0.3, 0.4) is 0 Å². The molecular weight excluding hydrogens is 238 g/mol. The lowest BCUT2D eigenvalue weighted by molar-refractivity contribution is -0.118. The molecule has 1 aromatic rings. The van der Waals surface area contributed by atoms with Gasteiger partial charge in [-0.05, 0) is 6.92 Å². The number of halogens is 2. The molecule has 0 radical (unpaired) electrons. The van der Waals surface area contributed by atoms with Gasteiger partial charge in [0.05, 0.1) is 6.61 Å². The third kappa shape index (κ3) is 2.95. The zero-order valence-electron chi connectivity index (χ0n) is 8.89. The Morgan fingerprint density at radius 3 is 2.65 bits per heavy atom. The Morgan fingerprint density at radius 2 is 2.18 bits per heavy atom. The maximum Gasteiger partial charge on any atom is 0.361 e. The number of carbonyl (C=O) groups is 2. The fourth-order valence-corrected chi connectivity index (χ4v) is 1.15. The lowest BCUT2D eigenvalue weighted by atomic mass is 10.3. The van der Waals surface area contributed by atoms with E-state index in [4.69, 9.17) is 5.73 Å². The summed E-state index contributed by atoms with van der Waals surface area (Å²) < 4.78 is 30.5. The number of nitrogens with zero attached hydrogens (tertiary/aromatic N) is 3. The van der Waals surface area contributed by atoms with Crippen molar-refractivity contribution in [3.05, 3.63) is 11.4 Å². The highest BCUT2D eigenvalue weighted by Crippen LogP contribution is 2.21. The van der Waals surface area contributed by atoms with Crippen LogP contribution in [0.4, 0.5) is 8.78 Å². The summed E-state index contributed by atoms with van der Waals surface area (Å²) in [4.78, 5) is 21.9. The first-order valence-electron chi connectivity index (χ1n) is 4.64. The number of hydrogen-bond acceptors (Lipinski definition) is 5. The SMILES string of the molecule is CCOC(=O)c1nnn(CC(N)=O)c1C(F)F. The summed E-state index contributed by atoms with van der Waals surface area (Å²) in [5.41, 5.74) is 3.46. The van der Waals surface area contributed by atoms with Crippen molar-refractivity contribution in [1.29, 1.82) is 0 Å². The molecule has 0 aliphatic carbocycles. The van der Waals surface area contributed by atoms with Crippen LogP contribution in [-0.2, 0) is 16.1 Å². The minimum Gasteiger partial charge on any atom is -0.461 e. The van der Waals surface area contributed by atoms with Crippen molar-refractivity contribution in [2.45, 2.75) is 19.9 Å². The minimum absolute atomic E-state index is 0.0180. The van der Waals surface area contributed by atoms with E-state index in [1.54, 1.807) is 0 Å². The average molecular weight is 248 g/mol. The van der Waals surface area contributed by atoms with Crippen LogP contribution in [0.1, 0.15) is 29.5 Å². The van der Waals surface area contributed by atoms with E-state index in [0.717, 1.165) is 0 Å². The van der Waals surface area contributed by atoms with Crippen molar-refractivity contribution in [2.24, 2.45) is 5.73 Å². The topological polar surface area (TPSA) is 100 Å². The molecule has 17 heavy (non-hydrogen) atoms. The third-order valence-corrected chi connectivity index (χ3v) is 1.75. The molecule has 94 valence electrons. The lowest BCUT2D eigenvalue weighted by Crippen LogP contribution is -2.21. The molecule has 0 saturated heterocycles. The lowest BCUT2D eigenvalue weighted by Gasteiger charge is -2.04. The van der Waals surface area contributed by atoms with Crippen molar-refractivity contribution in [3.63, 3.8) is 0 Å². The van der Waals surface area contributed by atoms with Crippen molar-refractivity contribution < 1.29 is 23.1 Å². The van der Waals surface area contributed by atoms with Crippen LogP contribution in [0.25, 0.3) is 0 Å². The van der Waals surface area contributed by atoms with E-state index in [2.05, 4.69) is 15.0 Å². The van der Waals surface area contributed by atoms with Crippen LogP contribution in [0, 0.1) is 0 Å². The predicted molar refractivity (Wildman–Crippen MR) is 50.1 cm³/mol. The van der Waals surface area contributed by atoms with Crippen LogP contribution in [0.15, 0.2) is 0 Å². The molecule has 0 bridgehead atoms. The fraction of sp³-hybridized carbons (Fsp3) is 0.500. The maximum absolute atomic E-state index is 12.7. The third-order valence-electron chi connectivity index (χ3n) is 1.75. The first-order valence-corrected chi connectivity index (χ1v) is 4.64. The number of nitrogens with two attached hydrogens (primary N) is 1. The van der Waals surface area contributed by atoms with E-state index in [0.29, 0.717) is 4.68 Å². The number of aromatic nitrogens is 3. The van der Waals surface area contributed by atoms with Gasteiger partial charge in [-0.25, -0.2) is 18.3 Å². The first kappa shape index (κ1) is 13.0. The van der Waals surface area contributed by atoms with E-state index in [9.17, 15) is 18.4 Å². The van der Waals surface area contributed by atoms with Gasteiger partial charge in [-0.1, -0.05) is 5.21 Å². The van der Waals surface area contributed by atoms with Crippen LogP contribution in [0.5, 0.6) is 0 Å². The van der Waals surface area contributed by atoms with Gasteiger partial charge < -0.3 is 10.5 Å². The molecule has 0 aromatic carbocycles. The van der Waals surface area contributed by atoms with Crippen molar-refractivity contribution in [3.8, 4) is 0 Å². The molecule has 1 heterocycles. The van der Waals surface area contributed by atoms with Crippen molar-refractivity contribution in [1.82, 2.24) is 15.0 Å². The van der Waals surface area contributed by atoms with Crippen molar-refractivity contribution >= 4 is 11.9 Å². The van der Waals surface area contributed by atoms with Gasteiger partial charge in [-0.2, -0.15) is 0 Å². The zero-order valence-corrected chi connectivity index (χ0v) is 8.89. The smallest absolute Gasteiger partial charge is 0.361 e. The van der Waals surface area contributed by atoms with Crippen LogP contribution >= 0.6 is 0 Å². The normalized spacial score (nSPS) is 10.6. The summed E-state index contributed by atoms with van der Waals surface area (Å²) in [5.74, 6) is -1.88. The van der Waals surface area contributed by atoms with Gasteiger partial charge in [0.2, 0.25) is 5.91 Å². The number of carbonyl (C=O) groups excluding carboxylic acids is 2. The highest BCUT2D eigenvalue weighted by Gasteiger charge is 2.27. The predicted octanol–water partition coefficient (Wildman–Crippen LogP) is -0.122. The molecule has 1 amide bonds. The molecule has 0 atom stereocenters. The molecule has 0 spiro atoms. The maximum atomic E-state index is 12.7. The first-order chi connectivity index (χ1) is 7.97. The number of primary amides is 1. The van der Waals surface area contributed by atoms with E-state index in [-0.39, 0.29) is 6.61 Å². The zero-order chi connectivity index (χ0) is 13.0. The van der Waals surface area contributed by atoms with Gasteiger partial charge >= 0.3 is 5.97 Å². The molecule has 1 aromatic heterocycles. The van der Waals surface area contributed by atoms with E-state index < -0.39 is 36.2 Å². The summed E-state index contributed by atoms with van der Waals surface area (Å²) in [6.07, 6.45) is -3.01. The van der Waals surface area contributed by atoms with Crippen molar-refractivity contribution in [2.75, 3.05) is 6.61 Å². The summed E-state index contributed by atoms with van der Waals surface area (Å²) >= 11 is 0. The van der Waals surface area contributed by atoms with Gasteiger partial charge in [0, 0.05) is 0 Å². The monoisotopic (exact) mass is 248 g/mol. The Hall–Kier alpha value is -2.06. The Labute approximate surface area is 94.5 Å². The summed E-state index contributed by atoms with van der Waals surface area (Å²) in [7, 11) is 0. The van der Waals surface area contributed by atoms with Gasteiger partial charge in [0.1, 0.15) is 12.2 Å². The molecule has 0 aliphatic rings. The van der Waals surface area contributed by atoms with Crippen LogP contribution in [-0.4, -0.2) is 33.5 Å². The number of rotatable bonds is 5. The second-order valence-corrected chi connectivity index (χ2v) is 2.97. The molecule has 0 aliphatic heterocycles. The van der Waals surface area contributed by atoms with Gasteiger partial charge in [-0.3, -0.25) is 4.79 Å². The van der Waals surface area contributed by atoms with E-state index in [1.807, 2.05) is 0 Å². The Morgan fingerprint density at radius 1 is 1.53 bits per heavy atom. The molecular formula is C8H10F2N4O3. The molecule has 1 rings (SSSR count). The molecule has 0 saturated carbocycles. The van der Waals surface area contributed by atoms with E-state index in [1.165, 1.54) is 6.92 Å². The number of hydrogen-bond donors (Lipinski definition) is 1. The van der Waals surface area contributed by atoms with Gasteiger partial charge in [0.15, 0.2) is 5.69 Å².